The second kappa shape index (κ2) is 8.13. The van der Waals surface area contributed by atoms with Crippen LogP contribution >= 0.6 is 0 Å². The molecule has 1 aliphatic rings. The average Bonchev–Trinajstić information content (AvgIpc) is 2.65. The molecule has 0 aliphatic heterocycles. The van der Waals surface area contributed by atoms with Gasteiger partial charge in [-0.3, -0.25) is 14.6 Å². The molecule has 136 valence electrons. The van der Waals surface area contributed by atoms with Crippen molar-refractivity contribution in [2.24, 2.45) is 0 Å². The number of amides is 2. The van der Waals surface area contributed by atoms with Crippen molar-refractivity contribution in [1.29, 1.82) is 0 Å². The fourth-order valence-corrected chi connectivity index (χ4v) is 3.40. The highest BCUT2D eigenvalue weighted by atomic mass is 16.2. The molecule has 2 amide bonds. The molecule has 1 aliphatic carbocycles. The SMILES string of the molecule is Cc1cccc(C)c1NC(=O)c1ccnc(C(=O)NC2CCCCC2)c1. The molecule has 1 saturated carbocycles. The molecule has 0 saturated heterocycles. The second-order valence-electron chi connectivity index (χ2n) is 6.96. The number of hydrogen-bond donors (Lipinski definition) is 2. The lowest BCUT2D eigenvalue weighted by Crippen LogP contribution is -2.36. The van der Waals surface area contributed by atoms with Crippen LogP contribution in [0.1, 0.15) is 64.1 Å². The van der Waals surface area contributed by atoms with Crippen molar-refractivity contribution < 1.29 is 9.59 Å². The average molecular weight is 351 g/mol. The first kappa shape index (κ1) is 18.1. The minimum Gasteiger partial charge on any atom is -0.348 e. The zero-order valence-corrected chi connectivity index (χ0v) is 15.3. The van der Waals surface area contributed by atoms with E-state index in [4.69, 9.17) is 0 Å². The van der Waals surface area contributed by atoms with Gasteiger partial charge in [-0.15, -0.1) is 0 Å². The Morgan fingerprint density at radius 3 is 2.38 bits per heavy atom. The van der Waals surface area contributed by atoms with Crippen LogP contribution in [-0.4, -0.2) is 22.8 Å². The van der Waals surface area contributed by atoms with Crippen molar-refractivity contribution >= 4 is 17.5 Å². The number of nitrogens with zero attached hydrogens (tertiary/aromatic N) is 1. The van der Waals surface area contributed by atoms with Gasteiger partial charge in [-0.2, -0.15) is 0 Å². The first-order valence-electron chi connectivity index (χ1n) is 9.19. The minimum atomic E-state index is -0.239. The lowest BCUT2D eigenvalue weighted by molar-refractivity contribution is 0.0922. The van der Waals surface area contributed by atoms with Gasteiger partial charge in [-0.1, -0.05) is 37.5 Å². The third-order valence-corrected chi connectivity index (χ3v) is 4.91. The Hall–Kier alpha value is -2.69. The number of aromatic nitrogens is 1. The zero-order chi connectivity index (χ0) is 18.5. The molecule has 1 heterocycles. The summed E-state index contributed by atoms with van der Waals surface area (Å²) in [5.41, 5.74) is 3.52. The monoisotopic (exact) mass is 351 g/mol. The topological polar surface area (TPSA) is 71.1 Å². The number of benzene rings is 1. The molecule has 0 radical (unpaired) electrons. The van der Waals surface area contributed by atoms with E-state index in [0.717, 1.165) is 42.5 Å². The number of rotatable bonds is 4. The van der Waals surface area contributed by atoms with E-state index in [1.54, 1.807) is 12.1 Å². The summed E-state index contributed by atoms with van der Waals surface area (Å²) >= 11 is 0. The van der Waals surface area contributed by atoms with E-state index in [2.05, 4.69) is 15.6 Å². The van der Waals surface area contributed by atoms with Crippen molar-refractivity contribution in [3.05, 3.63) is 58.9 Å². The van der Waals surface area contributed by atoms with Crippen LogP contribution in [0.15, 0.2) is 36.5 Å². The summed E-state index contributed by atoms with van der Waals surface area (Å²) in [6, 6.07) is 9.27. The number of carbonyl (C=O) groups is 2. The third kappa shape index (κ3) is 4.28. The van der Waals surface area contributed by atoms with Gasteiger partial charge in [0.1, 0.15) is 5.69 Å². The van der Waals surface area contributed by atoms with Gasteiger partial charge in [0.2, 0.25) is 0 Å². The molecule has 0 bridgehead atoms. The fraction of sp³-hybridized carbons (Fsp3) is 0.381. The molecule has 2 aromatic rings. The summed E-state index contributed by atoms with van der Waals surface area (Å²) < 4.78 is 0. The van der Waals surface area contributed by atoms with Crippen LogP contribution in [0.25, 0.3) is 0 Å². The number of pyridine rings is 1. The summed E-state index contributed by atoms with van der Waals surface area (Å²) in [6.07, 6.45) is 7.07. The normalized spacial score (nSPS) is 14.7. The van der Waals surface area contributed by atoms with Crippen molar-refractivity contribution in [3.8, 4) is 0 Å². The van der Waals surface area contributed by atoms with E-state index < -0.39 is 0 Å². The van der Waals surface area contributed by atoms with Crippen LogP contribution in [-0.2, 0) is 0 Å². The van der Waals surface area contributed by atoms with Crippen LogP contribution in [0.4, 0.5) is 5.69 Å². The van der Waals surface area contributed by atoms with Gasteiger partial charge >= 0.3 is 0 Å². The maximum Gasteiger partial charge on any atom is 0.270 e. The largest absolute Gasteiger partial charge is 0.348 e. The molecule has 1 aromatic carbocycles. The predicted molar refractivity (Wildman–Crippen MR) is 102 cm³/mol. The Balaban J connectivity index is 1.72. The van der Waals surface area contributed by atoms with Crippen LogP contribution < -0.4 is 10.6 Å². The summed E-state index contributed by atoms with van der Waals surface area (Å²) in [5.74, 6) is -0.449. The summed E-state index contributed by atoms with van der Waals surface area (Å²) in [5, 5.41) is 5.98. The molecule has 0 unspecified atom stereocenters. The molecule has 3 rings (SSSR count). The molecular formula is C21H25N3O2. The number of nitrogens with one attached hydrogen (secondary N) is 2. The van der Waals surface area contributed by atoms with E-state index in [9.17, 15) is 9.59 Å². The van der Waals surface area contributed by atoms with Gasteiger partial charge < -0.3 is 10.6 Å². The third-order valence-electron chi connectivity index (χ3n) is 4.91. The van der Waals surface area contributed by atoms with Crippen LogP contribution in [0, 0.1) is 13.8 Å². The summed E-state index contributed by atoms with van der Waals surface area (Å²) in [6.45, 7) is 3.91. The predicted octanol–water partition coefficient (Wildman–Crippen LogP) is 4.01. The number of hydrogen-bond acceptors (Lipinski definition) is 3. The van der Waals surface area contributed by atoms with Crippen molar-refractivity contribution in [3.63, 3.8) is 0 Å². The van der Waals surface area contributed by atoms with Gasteiger partial charge in [0.25, 0.3) is 11.8 Å². The molecule has 5 heteroatoms. The number of aryl methyl sites for hydroxylation is 2. The van der Waals surface area contributed by atoms with Crippen LogP contribution in [0.5, 0.6) is 0 Å². The van der Waals surface area contributed by atoms with Gasteiger partial charge in [0, 0.05) is 23.5 Å². The number of anilines is 1. The molecule has 0 atom stereocenters. The van der Waals surface area contributed by atoms with E-state index in [1.807, 2.05) is 32.0 Å². The van der Waals surface area contributed by atoms with Crippen LogP contribution in [0.3, 0.4) is 0 Å². The van der Waals surface area contributed by atoms with Crippen molar-refractivity contribution in [2.75, 3.05) is 5.32 Å². The summed E-state index contributed by atoms with van der Waals surface area (Å²) in [7, 11) is 0. The molecule has 2 N–H and O–H groups in total. The van der Waals surface area contributed by atoms with Gasteiger partial charge in [0.15, 0.2) is 0 Å². The van der Waals surface area contributed by atoms with E-state index in [0.29, 0.717) is 5.56 Å². The highest BCUT2D eigenvalue weighted by Gasteiger charge is 2.18. The van der Waals surface area contributed by atoms with Crippen molar-refractivity contribution in [2.45, 2.75) is 52.0 Å². The lowest BCUT2D eigenvalue weighted by atomic mass is 9.95. The minimum absolute atomic E-state index is 0.210. The first-order chi connectivity index (χ1) is 12.5. The highest BCUT2D eigenvalue weighted by Crippen LogP contribution is 2.21. The Morgan fingerprint density at radius 2 is 1.69 bits per heavy atom. The number of para-hydroxylation sites is 1. The highest BCUT2D eigenvalue weighted by molar-refractivity contribution is 6.06. The fourth-order valence-electron chi connectivity index (χ4n) is 3.40. The van der Waals surface area contributed by atoms with Gasteiger partial charge in [-0.25, -0.2) is 0 Å². The van der Waals surface area contributed by atoms with E-state index >= 15 is 0 Å². The molecule has 1 fully saturated rings. The zero-order valence-electron chi connectivity index (χ0n) is 15.3. The standard InChI is InChI=1S/C21H25N3O2/c1-14-7-6-8-15(2)19(14)24-20(25)16-11-12-22-18(13-16)21(26)23-17-9-4-3-5-10-17/h6-8,11-13,17H,3-5,9-10H2,1-2H3,(H,23,26)(H,24,25). The Kier molecular flexibility index (Phi) is 5.66. The number of carbonyl (C=O) groups excluding carboxylic acids is 2. The van der Waals surface area contributed by atoms with Crippen molar-refractivity contribution in [1.82, 2.24) is 10.3 Å². The lowest BCUT2D eigenvalue weighted by Gasteiger charge is -2.22. The smallest absolute Gasteiger partial charge is 0.270 e. The molecule has 0 spiro atoms. The Labute approximate surface area is 154 Å². The Bertz CT molecular complexity index is 790. The molecule has 5 nitrogen and oxygen atoms in total. The molecule has 26 heavy (non-hydrogen) atoms. The second-order valence-corrected chi connectivity index (χ2v) is 6.96. The quantitative estimate of drug-likeness (QED) is 0.874. The van der Waals surface area contributed by atoms with E-state index in [-0.39, 0.29) is 23.6 Å². The van der Waals surface area contributed by atoms with Gasteiger partial charge in [0.05, 0.1) is 0 Å². The molecule has 1 aromatic heterocycles. The van der Waals surface area contributed by atoms with Crippen LogP contribution in [0.2, 0.25) is 0 Å². The van der Waals surface area contributed by atoms with Gasteiger partial charge in [-0.05, 0) is 49.9 Å². The maximum absolute atomic E-state index is 12.6. The molecular weight excluding hydrogens is 326 g/mol. The first-order valence-corrected chi connectivity index (χ1v) is 9.19. The summed E-state index contributed by atoms with van der Waals surface area (Å²) in [4.78, 5) is 29.2. The Morgan fingerprint density at radius 1 is 1.00 bits per heavy atom. The maximum atomic E-state index is 12.6. The van der Waals surface area contributed by atoms with E-state index in [1.165, 1.54) is 12.6 Å².